The Morgan fingerprint density at radius 1 is 1.06 bits per heavy atom. The summed E-state index contributed by atoms with van der Waals surface area (Å²) in [5.41, 5.74) is 0.551. The van der Waals surface area contributed by atoms with E-state index in [1.165, 1.54) is 6.07 Å². The van der Waals surface area contributed by atoms with Gasteiger partial charge < -0.3 is 0 Å². The van der Waals surface area contributed by atoms with Gasteiger partial charge in [-0.1, -0.05) is 18.2 Å². The van der Waals surface area contributed by atoms with Gasteiger partial charge in [0.15, 0.2) is 0 Å². The Labute approximate surface area is 115 Å². The molecule has 1 rings (SSSR count). The Kier molecular flexibility index (Phi) is 7.20. The van der Waals surface area contributed by atoms with Crippen LogP contribution in [0.4, 0.5) is 17.3 Å². The van der Waals surface area contributed by atoms with Crippen molar-refractivity contribution in [3.05, 3.63) is 29.8 Å². The van der Waals surface area contributed by atoms with E-state index in [1.54, 1.807) is 25.1 Å². The SMILES string of the molecule is Cc1ccccc1S(=O)(=O)O.F[As](F)(F)(F)F.[LiH]. The number of benzene rings is 1. The Hall–Kier alpha value is -0.0642. The summed E-state index contributed by atoms with van der Waals surface area (Å²) in [6.45, 7) is 1.63. The van der Waals surface area contributed by atoms with E-state index in [1.807, 2.05) is 0 Å². The fraction of sp³-hybridized carbons (Fsp3) is 0.143. The Morgan fingerprint density at radius 2 is 1.39 bits per heavy atom. The van der Waals surface area contributed by atoms with E-state index < -0.39 is 24.9 Å². The van der Waals surface area contributed by atoms with Gasteiger partial charge in [0.1, 0.15) is 0 Å². The second-order valence-electron chi connectivity index (χ2n) is 2.88. The van der Waals surface area contributed by atoms with Gasteiger partial charge in [-0.25, -0.2) is 0 Å². The Balaban J connectivity index is 0. The number of rotatable bonds is 1. The molecule has 0 aliphatic heterocycles. The first-order valence-electron chi connectivity index (χ1n) is 3.89. The zero-order chi connectivity index (χ0) is 13.9. The van der Waals surface area contributed by atoms with Crippen LogP contribution in [0.1, 0.15) is 5.56 Å². The first kappa shape index (κ1) is 20.3. The summed E-state index contributed by atoms with van der Waals surface area (Å²) in [4.78, 5) is -0.0278. The van der Waals surface area contributed by atoms with Crippen LogP contribution in [-0.4, -0.2) is 46.6 Å². The first-order valence-corrected chi connectivity index (χ1v) is 8.88. The quantitative estimate of drug-likeness (QED) is 0.481. The minimum atomic E-state index is -8.99. The standard InChI is InChI=1S/C7H8O3S.AsF5.Li.H/c1-6-4-2-3-5-7(6)11(8,9)10;2-1(3,4,5)6;;/h2-5H,1H3,(H,8,9,10);;;. The average molecular weight is 350 g/mol. The summed E-state index contributed by atoms with van der Waals surface area (Å²) in [5, 5.41) is 0. The zero-order valence-electron chi connectivity index (χ0n) is 8.32. The van der Waals surface area contributed by atoms with Crippen molar-refractivity contribution in [3.8, 4) is 0 Å². The molecular formula is C7H9AsF5LiO3S. The van der Waals surface area contributed by atoms with Crippen molar-refractivity contribution in [1.82, 2.24) is 0 Å². The predicted octanol–water partition coefficient (Wildman–Crippen LogP) is 2.31. The van der Waals surface area contributed by atoms with Crippen molar-refractivity contribution in [2.45, 2.75) is 11.8 Å². The molecule has 11 heteroatoms. The molecular weight excluding hydrogens is 341 g/mol. The molecule has 0 heterocycles. The van der Waals surface area contributed by atoms with Gasteiger partial charge in [0.2, 0.25) is 0 Å². The summed E-state index contributed by atoms with van der Waals surface area (Å²) in [7, 11) is -4.03. The van der Waals surface area contributed by atoms with Crippen LogP contribution in [0.25, 0.3) is 0 Å². The molecule has 0 saturated heterocycles. The first-order chi connectivity index (χ1) is 7.25. The summed E-state index contributed by atoms with van der Waals surface area (Å²) < 4.78 is 79.3. The van der Waals surface area contributed by atoms with Gasteiger partial charge in [-0.15, -0.1) is 0 Å². The van der Waals surface area contributed by atoms with Crippen LogP contribution in [0.3, 0.4) is 0 Å². The van der Waals surface area contributed by atoms with E-state index >= 15 is 0 Å². The van der Waals surface area contributed by atoms with Gasteiger partial charge in [0.25, 0.3) is 10.1 Å². The molecule has 1 N–H and O–H groups in total. The number of hydrogen-bond donors (Lipinski definition) is 1. The third-order valence-corrected chi connectivity index (χ3v) is 2.39. The van der Waals surface area contributed by atoms with Crippen LogP contribution < -0.4 is 0 Å². The molecule has 3 nitrogen and oxygen atoms in total. The molecule has 0 fully saturated rings. The normalized spacial score (nSPS) is 13.4. The number of hydrogen-bond acceptors (Lipinski definition) is 2. The van der Waals surface area contributed by atoms with Crippen molar-refractivity contribution in [2.24, 2.45) is 0 Å². The molecule has 0 unspecified atom stereocenters. The van der Waals surface area contributed by atoms with Crippen molar-refractivity contribution < 1.29 is 30.3 Å². The third-order valence-electron chi connectivity index (χ3n) is 1.37. The Bertz CT molecular complexity index is 482. The molecule has 0 atom stereocenters. The number of aryl methyl sites for hydroxylation is 1. The third kappa shape index (κ3) is 12.4. The second kappa shape index (κ2) is 6.39. The van der Waals surface area contributed by atoms with E-state index in [0.717, 1.165) is 0 Å². The molecule has 0 aliphatic carbocycles. The van der Waals surface area contributed by atoms with Crippen molar-refractivity contribution >= 4 is 43.8 Å². The van der Waals surface area contributed by atoms with Crippen LogP contribution >= 0.6 is 0 Å². The van der Waals surface area contributed by atoms with Crippen LogP contribution in [0.5, 0.6) is 0 Å². The maximum atomic E-state index is 10.6. The molecule has 0 saturated carbocycles. The molecule has 1 aromatic rings. The van der Waals surface area contributed by atoms with E-state index in [9.17, 15) is 25.8 Å². The zero-order valence-corrected chi connectivity index (χ0v) is 11.0. The van der Waals surface area contributed by atoms with Gasteiger partial charge in [0.05, 0.1) is 4.90 Å². The van der Waals surface area contributed by atoms with Crippen LogP contribution in [0, 0.1) is 6.92 Å². The summed E-state index contributed by atoms with van der Waals surface area (Å²) in [5.74, 6) is 0. The molecule has 0 bridgehead atoms. The van der Waals surface area contributed by atoms with Gasteiger partial charge >= 0.3 is 51.0 Å². The topological polar surface area (TPSA) is 54.4 Å². The molecule has 0 aliphatic rings. The van der Waals surface area contributed by atoms with Gasteiger partial charge in [-0.05, 0) is 18.6 Å². The van der Waals surface area contributed by atoms with Gasteiger partial charge in [-0.2, -0.15) is 8.42 Å². The predicted molar refractivity (Wildman–Crippen MR) is 59.4 cm³/mol. The van der Waals surface area contributed by atoms with Crippen molar-refractivity contribution in [1.29, 1.82) is 0 Å². The van der Waals surface area contributed by atoms with E-state index in [-0.39, 0.29) is 23.8 Å². The summed E-state index contributed by atoms with van der Waals surface area (Å²) >= 11 is -8.99. The fourth-order valence-electron chi connectivity index (χ4n) is 0.846. The van der Waals surface area contributed by atoms with Gasteiger partial charge in [0, 0.05) is 0 Å². The average Bonchev–Trinajstić information content (AvgIpc) is 1.97. The second-order valence-corrected chi connectivity index (χ2v) is 6.95. The van der Waals surface area contributed by atoms with Crippen LogP contribution in [-0.2, 0) is 10.1 Å². The van der Waals surface area contributed by atoms with Crippen LogP contribution in [0.2, 0.25) is 0 Å². The van der Waals surface area contributed by atoms with Gasteiger partial charge in [-0.3, -0.25) is 4.55 Å². The molecule has 0 amide bonds. The van der Waals surface area contributed by atoms with E-state index in [2.05, 4.69) is 0 Å². The maximum absolute atomic E-state index is 10.6. The van der Waals surface area contributed by atoms with Crippen LogP contribution in [0.15, 0.2) is 29.2 Å². The molecule has 0 spiro atoms. The van der Waals surface area contributed by atoms with E-state index in [0.29, 0.717) is 5.56 Å². The molecule has 1 aromatic carbocycles. The molecule has 0 aromatic heterocycles. The van der Waals surface area contributed by atoms with Crippen molar-refractivity contribution in [2.75, 3.05) is 0 Å². The molecule has 18 heavy (non-hydrogen) atoms. The van der Waals surface area contributed by atoms with Crippen molar-refractivity contribution in [3.63, 3.8) is 0 Å². The number of halogens is 5. The monoisotopic (exact) mass is 350 g/mol. The summed E-state index contributed by atoms with van der Waals surface area (Å²) in [6, 6.07) is 6.27. The van der Waals surface area contributed by atoms with E-state index in [4.69, 9.17) is 4.55 Å². The fourth-order valence-corrected chi connectivity index (χ4v) is 1.57. The minimum absolute atomic E-state index is 0. The summed E-state index contributed by atoms with van der Waals surface area (Å²) in [6.07, 6.45) is 0. The molecule has 102 valence electrons. The molecule has 0 radical (unpaired) electrons. The Morgan fingerprint density at radius 3 is 1.61 bits per heavy atom.